The summed E-state index contributed by atoms with van der Waals surface area (Å²) in [7, 11) is 4.79. The number of aromatic hydroxyl groups is 1. The highest BCUT2D eigenvalue weighted by molar-refractivity contribution is 5.91. The number of hydrazine groups is 1. The van der Waals surface area contributed by atoms with Crippen molar-refractivity contribution in [3.63, 3.8) is 0 Å². The lowest BCUT2D eigenvalue weighted by atomic mass is 9.98. The molecule has 3 aromatic carbocycles. The molecule has 228 valence electrons. The third-order valence-corrected chi connectivity index (χ3v) is 7.65. The Bertz CT molecular complexity index is 1430. The molecule has 2 heterocycles. The van der Waals surface area contributed by atoms with Crippen LogP contribution < -0.4 is 14.8 Å². The molecule has 0 saturated carbocycles. The second kappa shape index (κ2) is 13.5. The van der Waals surface area contributed by atoms with Crippen LogP contribution in [0.5, 0.6) is 17.2 Å². The third kappa shape index (κ3) is 6.51. The minimum atomic E-state index is -0.865. The number of piperazine rings is 1. The molecule has 2 atom stereocenters. The number of phenols is 1. The lowest BCUT2D eigenvalue weighted by Crippen LogP contribution is -2.76. The quantitative estimate of drug-likeness (QED) is 0.415. The fourth-order valence-electron chi connectivity index (χ4n) is 5.64. The van der Waals surface area contributed by atoms with Gasteiger partial charge in [-0.2, -0.15) is 0 Å². The number of ether oxygens (including phenoxy) is 2. The second-order valence-corrected chi connectivity index (χ2v) is 10.3. The molecule has 0 aromatic heterocycles. The topological polar surface area (TPSA) is 115 Å². The van der Waals surface area contributed by atoms with Crippen LogP contribution in [0.4, 0.5) is 4.79 Å². The molecule has 11 heteroatoms. The molecule has 1 unspecified atom stereocenters. The molecule has 43 heavy (non-hydrogen) atoms. The summed E-state index contributed by atoms with van der Waals surface area (Å²) < 4.78 is 11.1. The van der Waals surface area contributed by atoms with Gasteiger partial charge < -0.3 is 29.7 Å². The van der Waals surface area contributed by atoms with Gasteiger partial charge in [-0.1, -0.05) is 62.0 Å². The number of nitrogens with one attached hydrogen (secondary N) is 1. The standard InChI is InChI=1S/C31H35N5O6.CH4/c1-33-20-28(38)35-25(16-21-12-14-24(37)15-13-21)30(39)34(18-23-10-7-11-26(41-2)29(23)42-3)19-27(35)36(33)31(40)32-17-22-8-5-4-6-9-22;/h4-15,25,27,37H,16-20H2,1-3H3,(H,32,40);1H4/t25-,27?;/m0./s1. The van der Waals surface area contributed by atoms with E-state index in [1.165, 1.54) is 9.91 Å². The molecule has 2 aliphatic heterocycles. The summed E-state index contributed by atoms with van der Waals surface area (Å²) in [4.78, 5) is 44.5. The summed E-state index contributed by atoms with van der Waals surface area (Å²) in [5.74, 6) is 0.670. The Hall–Kier alpha value is -4.77. The van der Waals surface area contributed by atoms with E-state index in [0.717, 1.165) is 16.7 Å². The SMILES string of the molecule is C.COc1cccc(CN2CC3N(C(=O)CN(C)N3C(=O)NCc3ccccc3)[C@@H](Cc3ccc(O)cc3)C2=O)c1OC. The fourth-order valence-corrected chi connectivity index (χ4v) is 5.64. The summed E-state index contributed by atoms with van der Waals surface area (Å²) >= 11 is 0. The minimum Gasteiger partial charge on any atom is -0.508 e. The lowest BCUT2D eigenvalue weighted by Gasteiger charge is -2.54. The van der Waals surface area contributed by atoms with Gasteiger partial charge >= 0.3 is 6.03 Å². The van der Waals surface area contributed by atoms with Crippen molar-refractivity contribution in [3.05, 3.63) is 89.5 Å². The van der Waals surface area contributed by atoms with Crippen LogP contribution in [-0.4, -0.2) is 89.3 Å². The van der Waals surface area contributed by atoms with Crippen LogP contribution in [0.25, 0.3) is 0 Å². The van der Waals surface area contributed by atoms with E-state index < -0.39 is 12.2 Å². The zero-order valence-corrected chi connectivity index (χ0v) is 23.9. The number of methoxy groups -OCH3 is 2. The second-order valence-electron chi connectivity index (χ2n) is 10.3. The van der Waals surface area contributed by atoms with Crippen molar-refractivity contribution in [1.29, 1.82) is 0 Å². The van der Waals surface area contributed by atoms with Crippen molar-refractivity contribution < 1.29 is 29.0 Å². The van der Waals surface area contributed by atoms with Crippen molar-refractivity contribution >= 4 is 17.8 Å². The Morgan fingerprint density at radius 1 is 0.953 bits per heavy atom. The number of carbonyl (C=O) groups excluding carboxylic acids is 3. The number of carbonyl (C=O) groups is 3. The lowest BCUT2D eigenvalue weighted by molar-refractivity contribution is -0.187. The van der Waals surface area contributed by atoms with Gasteiger partial charge in [0.2, 0.25) is 11.8 Å². The van der Waals surface area contributed by atoms with Crippen LogP contribution in [0.1, 0.15) is 24.1 Å². The highest BCUT2D eigenvalue weighted by Gasteiger charge is 2.50. The Morgan fingerprint density at radius 2 is 1.67 bits per heavy atom. The summed E-state index contributed by atoms with van der Waals surface area (Å²) in [5.41, 5.74) is 2.45. The molecule has 5 rings (SSSR count). The zero-order chi connectivity index (χ0) is 29.8. The first-order chi connectivity index (χ1) is 20.3. The normalized spacial score (nSPS) is 18.5. The maximum Gasteiger partial charge on any atom is 0.334 e. The molecular weight excluding hydrogens is 550 g/mol. The highest BCUT2D eigenvalue weighted by Crippen LogP contribution is 2.34. The number of nitrogens with zero attached hydrogens (tertiary/aromatic N) is 4. The van der Waals surface area contributed by atoms with Crippen molar-refractivity contribution in [2.45, 2.75) is 39.1 Å². The summed E-state index contributed by atoms with van der Waals surface area (Å²) in [5, 5.41) is 15.9. The monoisotopic (exact) mass is 589 g/mol. The molecule has 0 spiro atoms. The predicted molar refractivity (Wildman–Crippen MR) is 161 cm³/mol. The van der Waals surface area contributed by atoms with E-state index in [-0.39, 0.29) is 57.1 Å². The molecule has 4 amide bonds. The number of hydrogen-bond acceptors (Lipinski definition) is 7. The summed E-state index contributed by atoms with van der Waals surface area (Å²) in [6, 6.07) is 20.3. The van der Waals surface area contributed by atoms with Gasteiger partial charge in [-0.3, -0.25) is 9.59 Å². The van der Waals surface area contributed by atoms with Crippen LogP contribution in [0.3, 0.4) is 0 Å². The predicted octanol–water partition coefficient (Wildman–Crippen LogP) is 3.23. The number of rotatable bonds is 8. The van der Waals surface area contributed by atoms with Crippen molar-refractivity contribution in [2.75, 3.05) is 34.4 Å². The van der Waals surface area contributed by atoms with Crippen molar-refractivity contribution in [3.8, 4) is 17.2 Å². The van der Waals surface area contributed by atoms with E-state index in [0.29, 0.717) is 18.0 Å². The van der Waals surface area contributed by atoms with Crippen LogP contribution in [-0.2, 0) is 29.1 Å². The maximum absolute atomic E-state index is 14.1. The van der Waals surface area contributed by atoms with E-state index in [9.17, 15) is 19.5 Å². The van der Waals surface area contributed by atoms with E-state index >= 15 is 0 Å². The van der Waals surface area contributed by atoms with Crippen LogP contribution >= 0.6 is 0 Å². The number of para-hydroxylation sites is 1. The maximum atomic E-state index is 14.1. The van der Waals surface area contributed by atoms with Gasteiger partial charge in [-0.25, -0.2) is 14.8 Å². The minimum absolute atomic E-state index is 0. The Morgan fingerprint density at radius 3 is 2.35 bits per heavy atom. The fraction of sp³-hybridized carbons (Fsp3) is 0.344. The van der Waals surface area contributed by atoms with Crippen molar-refractivity contribution in [2.24, 2.45) is 0 Å². The zero-order valence-electron chi connectivity index (χ0n) is 23.9. The van der Waals surface area contributed by atoms with E-state index in [4.69, 9.17) is 9.47 Å². The van der Waals surface area contributed by atoms with Gasteiger partial charge in [0, 0.05) is 32.1 Å². The van der Waals surface area contributed by atoms with Gasteiger partial charge in [0.1, 0.15) is 18.0 Å². The Kier molecular flexibility index (Phi) is 9.77. The molecule has 2 fully saturated rings. The van der Waals surface area contributed by atoms with Crippen LogP contribution in [0, 0.1) is 0 Å². The summed E-state index contributed by atoms with van der Waals surface area (Å²) in [6.07, 6.45) is -0.528. The van der Waals surface area contributed by atoms with E-state index in [2.05, 4.69) is 5.32 Å². The first-order valence-corrected chi connectivity index (χ1v) is 13.7. The van der Waals surface area contributed by atoms with E-state index in [1.54, 1.807) is 61.5 Å². The summed E-state index contributed by atoms with van der Waals surface area (Å²) in [6.45, 7) is 0.538. The Balaban J connectivity index is 0.00000423. The first kappa shape index (κ1) is 31.2. The third-order valence-electron chi connectivity index (χ3n) is 7.65. The molecule has 0 bridgehead atoms. The number of benzene rings is 3. The molecule has 0 aliphatic carbocycles. The molecule has 3 aromatic rings. The molecule has 11 nitrogen and oxygen atoms in total. The van der Waals surface area contributed by atoms with Gasteiger partial charge in [0.15, 0.2) is 11.5 Å². The smallest absolute Gasteiger partial charge is 0.334 e. The molecule has 0 radical (unpaired) electrons. The molecule has 2 N–H and O–H groups in total. The molecule has 2 saturated heterocycles. The number of hydrogen-bond donors (Lipinski definition) is 2. The van der Waals surface area contributed by atoms with Gasteiger partial charge in [-0.05, 0) is 29.3 Å². The van der Waals surface area contributed by atoms with Gasteiger partial charge in [0.25, 0.3) is 0 Å². The number of likely N-dealkylation sites (N-methyl/N-ethyl adjacent to an activating group) is 1. The largest absolute Gasteiger partial charge is 0.508 e. The average Bonchev–Trinajstić information content (AvgIpc) is 2.99. The number of phenolic OH excluding ortho intramolecular Hbond substituents is 1. The molecular formula is C32H39N5O6. The number of urea groups is 1. The number of fused-ring (bicyclic) bond motifs is 1. The van der Waals surface area contributed by atoms with Gasteiger partial charge in [0.05, 0.1) is 27.3 Å². The Labute approximate surface area is 252 Å². The van der Waals surface area contributed by atoms with Crippen LogP contribution in [0.15, 0.2) is 72.8 Å². The highest BCUT2D eigenvalue weighted by atomic mass is 16.5. The van der Waals surface area contributed by atoms with Crippen molar-refractivity contribution in [1.82, 2.24) is 25.1 Å². The van der Waals surface area contributed by atoms with Gasteiger partial charge in [-0.15, -0.1) is 0 Å². The first-order valence-electron chi connectivity index (χ1n) is 13.7. The molecule has 2 aliphatic rings. The number of amides is 4. The average molecular weight is 590 g/mol. The van der Waals surface area contributed by atoms with E-state index in [1.807, 2.05) is 42.5 Å². The van der Waals surface area contributed by atoms with Crippen LogP contribution in [0.2, 0.25) is 0 Å².